The van der Waals surface area contributed by atoms with Crippen molar-refractivity contribution in [3.8, 4) is 10.8 Å². The molecule has 12 heteroatoms. The third kappa shape index (κ3) is 5.83. The molecule has 0 saturated carbocycles. The molecule has 0 radical (unpaired) electrons. The zero-order valence-electron chi connectivity index (χ0n) is 18.3. The van der Waals surface area contributed by atoms with Gasteiger partial charge in [0.1, 0.15) is 6.54 Å². The first-order chi connectivity index (χ1) is 15.8. The lowest BCUT2D eigenvalue weighted by Crippen LogP contribution is -2.31. The van der Waals surface area contributed by atoms with Crippen LogP contribution in [0, 0.1) is 0 Å². The molecule has 2 heterocycles. The fourth-order valence-corrected chi connectivity index (χ4v) is 5.04. The predicted molar refractivity (Wildman–Crippen MR) is 121 cm³/mol. The largest absolute Gasteiger partial charge is 0.451 e. The number of ether oxygens (including phenoxy) is 1. The van der Waals surface area contributed by atoms with Crippen LogP contribution in [0.15, 0.2) is 51.1 Å². The molecule has 0 aliphatic rings. The number of esters is 1. The first-order valence-corrected chi connectivity index (χ1v) is 12.5. The quantitative estimate of drug-likeness (QED) is 0.427. The number of rotatable bonds is 10. The highest BCUT2D eigenvalue weighted by atomic mass is 32.2. The smallest absolute Gasteiger partial charge is 0.326 e. The first kappa shape index (κ1) is 24.6. The fraction of sp³-hybridized carbons (Fsp3) is 0.333. The van der Waals surface area contributed by atoms with Crippen LogP contribution in [0.2, 0.25) is 0 Å². The minimum absolute atomic E-state index is 0.0949. The summed E-state index contributed by atoms with van der Waals surface area (Å²) in [7, 11) is -3.61. The van der Waals surface area contributed by atoms with Gasteiger partial charge in [-0.3, -0.25) is 9.59 Å². The van der Waals surface area contributed by atoms with Crippen LogP contribution in [0.25, 0.3) is 10.8 Å². The van der Waals surface area contributed by atoms with Crippen LogP contribution < -0.4 is 5.32 Å². The van der Waals surface area contributed by atoms with Gasteiger partial charge in [0.2, 0.25) is 10.0 Å². The molecule has 1 amide bonds. The lowest BCUT2D eigenvalue weighted by molar-refractivity contribution is -0.148. The van der Waals surface area contributed by atoms with Crippen LogP contribution in [0.1, 0.15) is 43.1 Å². The minimum Gasteiger partial charge on any atom is -0.451 e. The molecule has 0 fully saturated rings. The Morgan fingerprint density at radius 1 is 1.15 bits per heavy atom. The van der Waals surface area contributed by atoms with Gasteiger partial charge in [-0.1, -0.05) is 19.9 Å². The van der Waals surface area contributed by atoms with E-state index in [0.29, 0.717) is 19.0 Å². The Bertz CT molecular complexity index is 1190. The average molecular weight is 493 g/mol. The van der Waals surface area contributed by atoms with E-state index >= 15 is 0 Å². The molecule has 1 N–H and O–H groups in total. The van der Waals surface area contributed by atoms with Gasteiger partial charge < -0.3 is 14.5 Å². The summed E-state index contributed by atoms with van der Waals surface area (Å²) < 4.78 is 37.1. The Morgan fingerprint density at radius 3 is 2.45 bits per heavy atom. The molecular weight excluding hydrogens is 468 g/mol. The summed E-state index contributed by atoms with van der Waals surface area (Å²) in [6.45, 7) is 5.41. The number of nitrogens with zero attached hydrogens (tertiary/aromatic N) is 3. The van der Waals surface area contributed by atoms with Gasteiger partial charge >= 0.3 is 5.97 Å². The van der Waals surface area contributed by atoms with Gasteiger partial charge in [-0.15, -0.1) is 21.5 Å². The molecule has 2 aromatic heterocycles. The van der Waals surface area contributed by atoms with Gasteiger partial charge in [-0.2, -0.15) is 4.31 Å². The van der Waals surface area contributed by atoms with E-state index in [1.807, 2.05) is 17.5 Å². The number of thiophene rings is 1. The summed E-state index contributed by atoms with van der Waals surface area (Å²) in [4.78, 5) is 25.3. The lowest BCUT2D eigenvalue weighted by Gasteiger charge is -2.18. The highest BCUT2D eigenvalue weighted by Crippen LogP contribution is 2.25. The average Bonchev–Trinajstić information content (AvgIpc) is 3.50. The fourth-order valence-electron chi connectivity index (χ4n) is 2.93. The van der Waals surface area contributed by atoms with Crippen molar-refractivity contribution in [1.29, 1.82) is 0 Å². The van der Waals surface area contributed by atoms with Gasteiger partial charge in [-0.05, 0) is 42.6 Å². The number of aromatic nitrogens is 2. The molecule has 176 valence electrons. The number of carbonyl (C=O) groups excluding carboxylic acids is 2. The summed E-state index contributed by atoms with van der Waals surface area (Å²) in [6.07, 6.45) is -0.791. The summed E-state index contributed by atoms with van der Waals surface area (Å²) in [5.41, 5.74) is 0.215. The maximum absolute atomic E-state index is 12.5. The van der Waals surface area contributed by atoms with E-state index in [-0.39, 0.29) is 22.9 Å². The predicted octanol–water partition coefficient (Wildman–Crippen LogP) is 2.86. The molecule has 1 atom stereocenters. The zero-order chi connectivity index (χ0) is 24.0. The van der Waals surface area contributed by atoms with Crippen LogP contribution in [0.3, 0.4) is 0 Å². The number of hydrogen-bond acceptors (Lipinski definition) is 9. The number of sulfonamides is 1. The third-order valence-corrected chi connectivity index (χ3v) is 7.60. The van der Waals surface area contributed by atoms with Gasteiger partial charge in [0.25, 0.3) is 17.7 Å². The third-order valence-electron chi connectivity index (χ3n) is 4.68. The molecule has 1 unspecified atom stereocenters. The molecule has 33 heavy (non-hydrogen) atoms. The van der Waals surface area contributed by atoms with Crippen LogP contribution in [0.4, 0.5) is 0 Å². The Hall–Kier alpha value is -3.09. The maximum Gasteiger partial charge on any atom is 0.326 e. The van der Waals surface area contributed by atoms with Gasteiger partial charge in [0.05, 0.1) is 9.77 Å². The summed E-state index contributed by atoms with van der Waals surface area (Å²) in [6, 6.07) is 9.20. The molecule has 0 saturated heterocycles. The molecule has 0 bridgehead atoms. The van der Waals surface area contributed by atoms with Crippen LogP contribution in [0.5, 0.6) is 0 Å². The molecule has 0 spiro atoms. The molecule has 3 rings (SSSR count). The van der Waals surface area contributed by atoms with Crippen molar-refractivity contribution in [3.63, 3.8) is 0 Å². The van der Waals surface area contributed by atoms with E-state index in [4.69, 9.17) is 9.15 Å². The van der Waals surface area contributed by atoms with E-state index in [0.717, 1.165) is 4.88 Å². The second-order valence-electron chi connectivity index (χ2n) is 6.85. The Kier molecular flexibility index (Phi) is 7.95. The lowest BCUT2D eigenvalue weighted by atomic mass is 10.2. The molecule has 1 aromatic carbocycles. The summed E-state index contributed by atoms with van der Waals surface area (Å²) in [5, 5.41) is 12.2. The summed E-state index contributed by atoms with van der Waals surface area (Å²) in [5.74, 6) is -0.748. The van der Waals surface area contributed by atoms with Crippen molar-refractivity contribution in [2.45, 2.75) is 31.8 Å². The van der Waals surface area contributed by atoms with Crippen molar-refractivity contribution >= 4 is 33.2 Å². The van der Waals surface area contributed by atoms with E-state index < -0.39 is 28.0 Å². The Balaban J connectivity index is 1.53. The zero-order valence-corrected chi connectivity index (χ0v) is 20.0. The van der Waals surface area contributed by atoms with E-state index in [1.165, 1.54) is 39.9 Å². The van der Waals surface area contributed by atoms with E-state index in [1.54, 1.807) is 20.8 Å². The van der Waals surface area contributed by atoms with Gasteiger partial charge in [0, 0.05) is 18.7 Å². The first-order valence-electron chi connectivity index (χ1n) is 10.2. The maximum atomic E-state index is 12.5. The monoisotopic (exact) mass is 492 g/mol. The van der Waals surface area contributed by atoms with E-state index in [2.05, 4.69) is 15.5 Å². The van der Waals surface area contributed by atoms with Gasteiger partial charge in [0.15, 0.2) is 6.10 Å². The van der Waals surface area contributed by atoms with Crippen molar-refractivity contribution in [3.05, 3.63) is 53.2 Å². The number of hydrogen-bond donors (Lipinski definition) is 1. The number of nitrogens with one attached hydrogen (secondary N) is 1. The second kappa shape index (κ2) is 10.7. The molecule has 10 nitrogen and oxygen atoms in total. The summed E-state index contributed by atoms with van der Waals surface area (Å²) >= 11 is 1.44. The van der Waals surface area contributed by atoms with Crippen LogP contribution in [-0.2, 0) is 19.6 Å². The second-order valence-corrected chi connectivity index (χ2v) is 9.74. The highest BCUT2D eigenvalue weighted by molar-refractivity contribution is 7.89. The normalized spacial score (nSPS) is 12.5. The number of carbonyl (C=O) groups is 2. The molecule has 0 aliphatic carbocycles. The standard InChI is InChI=1S/C21H24N4O6S2/c1-4-25(5-2)33(28,29)16-10-8-15(9-11-16)19(27)22-13-18(26)30-14(3)20-23-24-21(31-20)17-7-6-12-32-17/h6-12,14H,4-5,13H2,1-3H3,(H,22,27). The Morgan fingerprint density at radius 2 is 1.85 bits per heavy atom. The minimum atomic E-state index is -3.61. The Labute approximate surface area is 195 Å². The molecular formula is C21H24N4O6S2. The van der Waals surface area contributed by atoms with Crippen LogP contribution in [-0.4, -0.2) is 54.4 Å². The molecule has 3 aromatic rings. The van der Waals surface area contributed by atoms with Crippen molar-refractivity contribution in [2.24, 2.45) is 0 Å². The highest BCUT2D eigenvalue weighted by Gasteiger charge is 2.22. The van der Waals surface area contributed by atoms with Crippen molar-refractivity contribution in [2.75, 3.05) is 19.6 Å². The van der Waals surface area contributed by atoms with Crippen molar-refractivity contribution in [1.82, 2.24) is 19.8 Å². The number of amides is 1. The SMILES string of the molecule is CCN(CC)S(=O)(=O)c1ccc(C(=O)NCC(=O)OC(C)c2nnc(-c3cccs3)o2)cc1. The van der Waals surface area contributed by atoms with E-state index in [9.17, 15) is 18.0 Å². The van der Waals surface area contributed by atoms with Gasteiger partial charge in [-0.25, -0.2) is 8.42 Å². The topological polar surface area (TPSA) is 132 Å². The molecule has 0 aliphatic heterocycles. The van der Waals surface area contributed by atoms with Crippen LogP contribution >= 0.6 is 11.3 Å². The number of benzene rings is 1. The van der Waals surface area contributed by atoms with Crippen molar-refractivity contribution < 1.29 is 27.2 Å².